The number of aliphatic hydroxyl groups excluding tert-OH is 1. The molecule has 2 aliphatic heterocycles. The topological polar surface area (TPSA) is 66.2 Å². The van der Waals surface area contributed by atoms with Gasteiger partial charge in [-0.2, -0.15) is 0 Å². The number of nitrogens with zero attached hydrogens (tertiary/aromatic N) is 2. The minimum absolute atomic E-state index is 0.0302. The quantitative estimate of drug-likeness (QED) is 0.879. The lowest BCUT2D eigenvalue weighted by atomic mass is 10.1. The standard InChI is InChI=1S/C15H21FN2O4/c16-11-7-14(15(20)17-3-5-21-6-4-17)18(8-11)9-12-1-2-13(10-19)22-12/h1-2,11,14,19H,3-10H2/t11-,14+/m1/s1. The van der Waals surface area contributed by atoms with Crippen molar-refractivity contribution in [2.75, 3.05) is 32.8 Å². The average Bonchev–Trinajstić information content (AvgIpc) is 3.14. The summed E-state index contributed by atoms with van der Waals surface area (Å²) in [5.41, 5.74) is 0. The monoisotopic (exact) mass is 312 g/mol. The molecule has 1 amide bonds. The van der Waals surface area contributed by atoms with Crippen LogP contribution in [0.1, 0.15) is 17.9 Å². The summed E-state index contributed by atoms with van der Waals surface area (Å²) in [6.45, 7) is 2.65. The number of hydrogen-bond acceptors (Lipinski definition) is 5. The second-order valence-corrected chi connectivity index (χ2v) is 5.74. The van der Waals surface area contributed by atoms with Gasteiger partial charge in [-0.15, -0.1) is 0 Å². The van der Waals surface area contributed by atoms with Gasteiger partial charge in [0.15, 0.2) is 0 Å². The van der Waals surface area contributed by atoms with E-state index < -0.39 is 12.2 Å². The Bertz CT molecular complexity index is 515. The first kappa shape index (κ1) is 15.5. The van der Waals surface area contributed by atoms with E-state index in [1.165, 1.54) is 0 Å². The predicted molar refractivity (Wildman–Crippen MR) is 75.7 cm³/mol. The van der Waals surface area contributed by atoms with Gasteiger partial charge in [0.1, 0.15) is 24.3 Å². The number of aliphatic hydroxyl groups is 1. The van der Waals surface area contributed by atoms with Gasteiger partial charge in [-0.25, -0.2) is 4.39 Å². The van der Waals surface area contributed by atoms with Gasteiger partial charge < -0.3 is 19.2 Å². The van der Waals surface area contributed by atoms with Crippen LogP contribution in [0.2, 0.25) is 0 Å². The van der Waals surface area contributed by atoms with Crippen LogP contribution >= 0.6 is 0 Å². The molecule has 3 heterocycles. The summed E-state index contributed by atoms with van der Waals surface area (Å²) in [5, 5.41) is 9.02. The average molecular weight is 312 g/mol. The number of carbonyl (C=O) groups excluding carboxylic acids is 1. The van der Waals surface area contributed by atoms with E-state index in [4.69, 9.17) is 14.3 Å². The number of furan rings is 1. The number of morpholine rings is 1. The highest BCUT2D eigenvalue weighted by Crippen LogP contribution is 2.25. The summed E-state index contributed by atoms with van der Waals surface area (Å²) < 4.78 is 24.5. The van der Waals surface area contributed by atoms with E-state index in [0.717, 1.165) is 0 Å². The summed E-state index contributed by atoms with van der Waals surface area (Å²) in [6.07, 6.45) is -0.772. The molecule has 0 aliphatic carbocycles. The van der Waals surface area contributed by atoms with Gasteiger partial charge in [0.05, 0.1) is 25.8 Å². The highest BCUT2D eigenvalue weighted by molar-refractivity contribution is 5.82. The third-order valence-electron chi connectivity index (χ3n) is 4.19. The third kappa shape index (κ3) is 3.31. The largest absolute Gasteiger partial charge is 0.462 e. The molecule has 3 rings (SSSR count). The first-order valence-corrected chi connectivity index (χ1v) is 7.60. The van der Waals surface area contributed by atoms with Gasteiger partial charge in [-0.1, -0.05) is 0 Å². The summed E-state index contributed by atoms with van der Waals surface area (Å²) in [7, 11) is 0. The van der Waals surface area contributed by atoms with E-state index in [9.17, 15) is 9.18 Å². The number of alkyl halides is 1. The molecular formula is C15H21FN2O4. The molecule has 1 N–H and O–H groups in total. The Morgan fingerprint density at radius 1 is 1.32 bits per heavy atom. The molecule has 2 aliphatic rings. The van der Waals surface area contributed by atoms with Crippen molar-refractivity contribution in [3.8, 4) is 0 Å². The fourth-order valence-electron chi connectivity index (χ4n) is 3.07. The van der Waals surface area contributed by atoms with Crippen LogP contribution in [0.15, 0.2) is 16.5 Å². The summed E-state index contributed by atoms with van der Waals surface area (Å²) >= 11 is 0. The molecule has 2 fully saturated rings. The predicted octanol–water partition coefficient (Wildman–Crippen LogP) is 0.543. The Kier molecular flexibility index (Phi) is 4.75. The maximum Gasteiger partial charge on any atom is 0.240 e. The Labute approximate surface area is 128 Å². The van der Waals surface area contributed by atoms with Crippen molar-refractivity contribution < 1.29 is 23.4 Å². The van der Waals surface area contributed by atoms with Crippen LogP contribution in [0.25, 0.3) is 0 Å². The van der Waals surface area contributed by atoms with E-state index >= 15 is 0 Å². The minimum Gasteiger partial charge on any atom is -0.462 e. The van der Waals surface area contributed by atoms with Gasteiger partial charge in [-0.3, -0.25) is 9.69 Å². The zero-order valence-corrected chi connectivity index (χ0v) is 12.4. The minimum atomic E-state index is -0.998. The molecule has 2 saturated heterocycles. The highest BCUT2D eigenvalue weighted by Gasteiger charge is 2.39. The third-order valence-corrected chi connectivity index (χ3v) is 4.19. The Hall–Kier alpha value is -1.44. The van der Waals surface area contributed by atoms with E-state index in [2.05, 4.69) is 0 Å². The molecule has 1 aromatic rings. The van der Waals surface area contributed by atoms with E-state index in [-0.39, 0.29) is 25.5 Å². The maximum atomic E-state index is 13.8. The van der Waals surface area contributed by atoms with Crippen LogP contribution in [0.4, 0.5) is 4.39 Å². The Morgan fingerprint density at radius 2 is 2.05 bits per heavy atom. The number of amides is 1. The molecule has 122 valence electrons. The molecule has 0 radical (unpaired) electrons. The number of hydrogen-bond donors (Lipinski definition) is 1. The van der Waals surface area contributed by atoms with Crippen LogP contribution in [0, 0.1) is 0 Å². The highest BCUT2D eigenvalue weighted by atomic mass is 19.1. The molecule has 0 saturated carbocycles. The fraction of sp³-hybridized carbons (Fsp3) is 0.667. The Balaban J connectivity index is 1.67. The second-order valence-electron chi connectivity index (χ2n) is 5.74. The molecule has 6 nitrogen and oxygen atoms in total. The zero-order chi connectivity index (χ0) is 15.5. The molecule has 0 spiro atoms. The molecule has 7 heteroatoms. The van der Waals surface area contributed by atoms with Crippen molar-refractivity contribution in [3.63, 3.8) is 0 Å². The van der Waals surface area contributed by atoms with Crippen LogP contribution in [0.3, 0.4) is 0 Å². The van der Waals surface area contributed by atoms with Gasteiger partial charge in [0.2, 0.25) is 5.91 Å². The smallest absolute Gasteiger partial charge is 0.240 e. The van der Waals surface area contributed by atoms with Gasteiger partial charge in [0, 0.05) is 26.1 Å². The van der Waals surface area contributed by atoms with Crippen molar-refractivity contribution in [2.24, 2.45) is 0 Å². The van der Waals surface area contributed by atoms with Crippen molar-refractivity contribution in [2.45, 2.75) is 31.8 Å². The van der Waals surface area contributed by atoms with Crippen LogP contribution < -0.4 is 0 Å². The van der Waals surface area contributed by atoms with E-state index in [1.54, 1.807) is 17.0 Å². The lowest BCUT2D eigenvalue weighted by molar-refractivity contribution is -0.140. The number of likely N-dealkylation sites (tertiary alicyclic amines) is 1. The van der Waals surface area contributed by atoms with Crippen molar-refractivity contribution >= 4 is 5.91 Å². The normalized spacial score (nSPS) is 26.5. The molecule has 0 aromatic carbocycles. The lowest BCUT2D eigenvalue weighted by Crippen LogP contribution is -2.49. The SMILES string of the molecule is O=C([C@@H]1C[C@@H](F)CN1Cc1ccc(CO)o1)N1CCOCC1. The van der Waals surface area contributed by atoms with Crippen molar-refractivity contribution in [1.82, 2.24) is 9.80 Å². The van der Waals surface area contributed by atoms with E-state index in [0.29, 0.717) is 44.4 Å². The number of carbonyl (C=O) groups is 1. The van der Waals surface area contributed by atoms with Crippen molar-refractivity contribution in [3.05, 3.63) is 23.7 Å². The first-order chi connectivity index (χ1) is 10.7. The molecular weight excluding hydrogens is 291 g/mol. The molecule has 22 heavy (non-hydrogen) atoms. The van der Waals surface area contributed by atoms with Gasteiger partial charge >= 0.3 is 0 Å². The van der Waals surface area contributed by atoms with Crippen molar-refractivity contribution in [1.29, 1.82) is 0 Å². The van der Waals surface area contributed by atoms with Gasteiger partial charge in [-0.05, 0) is 12.1 Å². The summed E-state index contributed by atoms with van der Waals surface area (Å²) in [5.74, 6) is 1.08. The molecule has 0 bridgehead atoms. The van der Waals surface area contributed by atoms with Gasteiger partial charge in [0.25, 0.3) is 0 Å². The maximum absolute atomic E-state index is 13.8. The summed E-state index contributed by atoms with van der Waals surface area (Å²) in [6, 6.07) is 3.00. The van der Waals surface area contributed by atoms with E-state index in [1.807, 2.05) is 4.90 Å². The molecule has 2 atom stereocenters. The summed E-state index contributed by atoms with van der Waals surface area (Å²) in [4.78, 5) is 16.2. The molecule has 1 aromatic heterocycles. The van der Waals surface area contributed by atoms with Crippen LogP contribution in [-0.4, -0.2) is 65.9 Å². The van der Waals surface area contributed by atoms with Crippen LogP contribution in [0.5, 0.6) is 0 Å². The first-order valence-electron chi connectivity index (χ1n) is 7.60. The fourth-order valence-corrected chi connectivity index (χ4v) is 3.07. The lowest BCUT2D eigenvalue weighted by Gasteiger charge is -2.32. The number of halogens is 1. The Morgan fingerprint density at radius 3 is 2.73 bits per heavy atom. The zero-order valence-electron chi connectivity index (χ0n) is 12.4. The number of rotatable bonds is 4. The molecule has 0 unspecified atom stereocenters. The number of ether oxygens (including phenoxy) is 1. The second kappa shape index (κ2) is 6.76. The van der Waals surface area contributed by atoms with Crippen LogP contribution in [-0.2, 0) is 22.7 Å².